The van der Waals surface area contributed by atoms with Gasteiger partial charge >= 0.3 is 0 Å². The van der Waals surface area contributed by atoms with Gasteiger partial charge in [0, 0.05) is 11.4 Å². The van der Waals surface area contributed by atoms with Gasteiger partial charge < -0.3 is 0 Å². The van der Waals surface area contributed by atoms with Gasteiger partial charge in [0.15, 0.2) is 0 Å². The normalized spacial score (nSPS) is 11.5. The van der Waals surface area contributed by atoms with Crippen LogP contribution in [0, 0.1) is 13.8 Å². The fourth-order valence-corrected chi connectivity index (χ4v) is 2.27. The van der Waals surface area contributed by atoms with Gasteiger partial charge in [0.25, 0.3) is 0 Å². The van der Waals surface area contributed by atoms with Gasteiger partial charge in [-0.2, -0.15) is 5.10 Å². The van der Waals surface area contributed by atoms with E-state index in [0.29, 0.717) is 5.95 Å². The number of aromatic nitrogens is 2. The van der Waals surface area contributed by atoms with Crippen LogP contribution in [0.25, 0.3) is 0 Å². The van der Waals surface area contributed by atoms with Crippen LogP contribution in [0.4, 0.5) is 5.95 Å². The minimum atomic E-state index is 0.538. The molecule has 0 unspecified atom stereocenters. The largest absolute Gasteiger partial charge is 0.245 e. The predicted molar refractivity (Wildman–Crippen MR) is 92.4 cm³/mol. The molecule has 2 aromatic rings. The summed E-state index contributed by atoms with van der Waals surface area (Å²) in [6, 6.07) is 10.5. The summed E-state index contributed by atoms with van der Waals surface area (Å²) in [6.07, 6.45) is 3.60. The highest BCUT2D eigenvalue weighted by Gasteiger charge is 2.01. The SMILES string of the molecule is CCCCc1ccc(C(C)=NNc2nc(C)cc(C)n2)cc1. The summed E-state index contributed by atoms with van der Waals surface area (Å²) >= 11 is 0. The van der Waals surface area contributed by atoms with Crippen LogP contribution in [0.5, 0.6) is 0 Å². The molecular formula is C18H24N4. The Balaban J connectivity index is 2.05. The Kier molecular flexibility index (Phi) is 5.64. The van der Waals surface area contributed by atoms with Crippen molar-refractivity contribution in [2.45, 2.75) is 47.0 Å². The first-order valence-corrected chi connectivity index (χ1v) is 7.80. The Hall–Kier alpha value is -2.23. The molecule has 0 radical (unpaired) electrons. The van der Waals surface area contributed by atoms with Crippen molar-refractivity contribution in [1.82, 2.24) is 9.97 Å². The number of nitrogens with one attached hydrogen (secondary N) is 1. The molecule has 2 rings (SSSR count). The van der Waals surface area contributed by atoms with Crippen molar-refractivity contribution >= 4 is 11.7 Å². The van der Waals surface area contributed by atoms with Gasteiger partial charge in [-0.15, -0.1) is 0 Å². The van der Waals surface area contributed by atoms with E-state index in [0.717, 1.165) is 29.1 Å². The summed E-state index contributed by atoms with van der Waals surface area (Å²) in [6.45, 7) is 8.10. The molecular weight excluding hydrogens is 272 g/mol. The summed E-state index contributed by atoms with van der Waals surface area (Å²) < 4.78 is 0. The maximum atomic E-state index is 4.38. The lowest BCUT2D eigenvalue weighted by Crippen LogP contribution is -2.04. The molecule has 1 heterocycles. The van der Waals surface area contributed by atoms with Crippen molar-refractivity contribution < 1.29 is 0 Å². The fraction of sp³-hybridized carbons (Fsp3) is 0.389. The van der Waals surface area contributed by atoms with Crippen LogP contribution in [-0.2, 0) is 6.42 Å². The zero-order chi connectivity index (χ0) is 15.9. The first-order valence-electron chi connectivity index (χ1n) is 7.80. The Bertz CT molecular complexity index is 624. The molecule has 4 heteroatoms. The van der Waals surface area contributed by atoms with Gasteiger partial charge in [-0.05, 0) is 50.8 Å². The molecule has 0 aliphatic rings. The van der Waals surface area contributed by atoms with Crippen molar-refractivity contribution in [1.29, 1.82) is 0 Å². The fourth-order valence-electron chi connectivity index (χ4n) is 2.27. The first kappa shape index (κ1) is 16.1. The molecule has 0 atom stereocenters. The van der Waals surface area contributed by atoms with Crippen LogP contribution in [0.2, 0.25) is 0 Å². The Morgan fingerprint density at radius 2 is 1.73 bits per heavy atom. The quantitative estimate of drug-likeness (QED) is 0.639. The zero-order valence-electron chi connectivity index (χ0n) is 13.8. The van der Waals surface area contributed by atoms with Gasteiger partial charge in [-0.25, -0.2) is 15.4 Å². The average Bonchev–Trinajstić information content (AvgIpc) is 2.50. The topological polar surface area (TPSA) is 50.2 Å². The van der Waals surface area contributed by atoms with Crippen LogP contribution < -0.4 is 5.43 Å². The first-order chi connectivity index (χ1) is 10.6. The van der Waals surface area contributed by atoms with Crippen LogP contribution in [0.1, 0.15) is 49.2 Å². The van der Waals surface area contributed by atoms with Crippen molar-refractivity contribution in [2.75, 3.05) is 5.43 Å². The van der Waals surface area contributed by atoms with Gasteiger partial charge in [0.2, 0.25) is 5.95 Å². The van der Waals surface area contributed by atoms with Crippen molar-refractivity contribution in [3.05, 3.63) is 52.8 Å². The molecule has 0 saturated heterocycles. The second-order valence-corrected chi connectivity index (χ2v) is 5.58. The summed E-state index contributed by atoms with van der Waals surface area (Å²) in [5.41, 5.74) is 8.21. The number of anilines is 1. The molecule has 4 nitrogen and oxygen atoms in total. The minimum absolute atomic E-state index is 0.538. The maximum Gasteiger partial charge on any atom is 0.243 e. The molecule has 0 saturated carbocycles. The number of hydrogen-bond acceptors (Lipinski definition) is 4. The van der Waals surface area contributed by atoms with Crippen LogP contribution in [-0.4, -0.2) is 15.7 Å². The standard InChI is InChI=1S/C18H24N4/c1-5-6-7-16-8-10-17(11-9-16)15(4)21-22-18-19-13(2)12-14(3)20-18/h8-12H,5-7H2,1-4H3,(H,19,20,22). The predicted octanol–water partition coefficient (Wildman–Crippen LogP) is 4.27. The number of nitrogens with zero attached hydrogens (tertiary/aromatic N) is 3. The lowest BCUT2D eigenvalue weighted by molar-refractivity contribution is 0.795. The van der Waals surface area contributed by atoms with E-state index >= 15 is 0 Å². The molecule has 0 spiro atoms. The summed E-state index contributed by atoms with van der Waals surface area (Å²) in [4.78, 5) is 8.64. The molecule has 0 bridgehead atoms. The second-order valence-electron chi connectivity index (χ2n) is 5.58. The van der Waals surface area contributed by atoms with Gasteiger partial charge in [0.1, 0.15) is 0 Å². The van der Waals surface area contributed by atoms with Crippen LogP contribution in [0.15, 0.2) is 35.4 Å². The molecule has 1 N–H and O–H groups in total. The third kappa shape index (κ3) is 4.65. The Morgan fingerprint density at radius 1 is 1.09 bits per heavy atom. The molecule has 0 aliphatic heterocycles. The lowest BCUT2D eigenvalue weighted by Gasteiger charge is -2.05. The highest BCUT2D eigenvalue weighted by Crippen LogP contribution is 2.10. The monoisotopic (exact) mass is 296 g/mol. The van der Waals surface area contributed by atoms with Crippen molar-refractivity contribution in [2.24, 2.45) is 5.10 Å². The number of unbranched alkanes of at least 4 members (excludes halogenated alkanes) is 1. The number of benzene rings is 1. The van der Waals surface area contributed by atoms with Crippen LogP contribution >= 0.6 is 0 Å². The maximum absolute atomic E-state index is 4.38. The van der Waals surface area contributed by atoms with Gasteiger partial charge in [0.05, 0.1) is 5.71 Å². The molecule has 22 heavy (non-hydrogen) atoms. The van der Waals surface area contributed by atoms with E-state index in [2.05, 4.69) is 51.7 Å². The van der Waals surface area contributed by atoms with E-state index < -0.39 is 0 Å². The molecule has 1 aromatic heterocycles. The zero-order valence-corrected chi connectivity index (χ0v) is 13.8. The minimum Gasteiger partial charge on any atom is -0.245 e. The highest BCUT2D eigenvalue weighted by atomic mass is 15.4. The smallest absolute Gasteiger partial charge is 0.243 e. The molecule has 0 fully saturated rings. The Morgan fingerprint density at radius 3 is 2.32 bits per heavy atom. The molecule has 0 aliphatic carbocycles. The molecule has 116 valence electrons. The third-order valence-electron chi connectivity index (χ3n) is 3.50. The van der Waals surface area contributed by atoms with E-state index in [9.17, 15) is 0 Å². The summed E-state index contributed by atoms with van der Waals surface area (Å²) in [7, 11) is 0. The van der Waals surface area contributed by atoms with E-state index in [-0.39, 0.29) is 0 Å². The second kappa shape index (κ2) is 7.69. The number of hydrogen-bond donors (Lipinski definition) is 1. The summed E-state index contributed by atoms with van der Waals surface area (Å²) in [5, 5.41) is 4.38. The van der Waals surface area contributed by atoms with Crippen LogP contribution in [0.3, 0.4) is 0 Å². The Labute approximate surface area is 132 Å². The molecule has 1 aromatic carbocycles. The number of rotatable bonds is 6. The summed E-state index contributed by atoms with van der Waals surface area (Å²) in [5.74, 6) is 0.538. The van der Waals surface area contributed by atoms with Crippen molar-refractivity contribution in [3.63, 3.8) is 0 Å². The van der Waals surface area contributed by atoms with Gasteiger partial charge in [-0.1, -0.05) is 37.6 Å². The van der Waals surface area contributed by atoms with E-state index in [1.54, 1.807) is 0 Å². The number of aryl methyl sites for hydroxylation is 3. The highest BCUT2D eigenvalue weighted by molar-refractivity contribution is 5.99. The van der Waals surface area contributed by atoms with E-state index in [1.807, 2.05) is 26.8 Å². The van der Waals surface area contributed by atoms with Gasteiger partial charge in [-0.3, -0.25) is 0 Å². The third-order valence-corrected chi connectivity index (χ3v) is 3.50. The van der Waals surface area contributed by atoms with E-state index in [1.165, 1.54) is 18.4 Å². The van der Waals surface area contributed by atoms with Crippen molar-refractivity contribution in [3.8, 4) is 0 Å². The van der Waals surface area contributed by atoms with E-state index in [4.69, 9.17) is 0 Å². The number of hydrazone groups is 1. The molecule has 0 amide bonds. The average molecular weight is 296 g/mol. The lowest BCUT2D eigenvalue weighted by atomic mass is 10.0.